The second-order valence-corrected chi connectivity index (χ2v) is 7.93. The Kier molecular flexibility index (Phi) is 2.78. The molecular weight excluding hydrogens is 244 g/mol. The summed E-state index contributed by atoms with van der Waals surface area (Å²) >= 11 is 0. The van der Waals surface area contributed by atoms with Crippen molar-refractivity contribution in [1.82, 2.24) is 0 Å². The van der Waals surface area contributed by atoms with E-state index in [2.05, 4.69) is 26.0 Å². The van der Waals surface area contributed by atoms with Gasteiger partial charge in [0.1, 0.15) is 5.78 Å². The minimum Gasteiger partial charge on any atom is -0.299 e. The molecule has 2 fully saturated rings. The van der Waals surface area contributed by atoms with E-state index in [1.54, 1.807) is 11.1 Å². The maximum Gasteiger partial charge on any atom is 0.139 e. The Bertz CT molecular complexity index is 512. The average Bonchev–Trinajstić information content (AvgIpc) is 2.74. The lowest BCUT2D eigenvalue weighted by Crippen LogP contribution is -2.45. The van der Waals surface area contributed by atoms with Crippen LogP contribution in [0.3, 0.4) is 0 Å². The molecule has 2 unspecified atom stereocenters. The lowest BCUT2D eigenvalue weighted by Gasteiger charge is -2.50. The molecule has 0 amide bonds. The van der Waals surface area contributed by atoms with Gasteiger partial charge in [0.15, 0.2) is 0 Å². The van der Waals surface area contributed by atoms with Crippen molar-refractivity contribution in [3.8, 4) is 0 Å². The smallest absolute Gasteiger partial charge is 0.139 e. The van der Waals surface area contributed by atoms with Crippen LogP contribution in [0.5, 0.6) is 0 Å². The van der Waals surface area contributed by atoms with Gasteiger partial charge >= 0.3 is 0 Å². The van der Waals surface area contributed by atoms with Crippen LogP contribution in [0.2, 0.25) is 0 Å². The van der Waals surface area contributed by atoms with Crippen molar-refractivity contribution in [1.29, 1.82) is 0 Å². The van der Waals surface area contributed by atoms with Crippen molar-refractivity contribution in [3.63, 3.8) is 0 Å². The predicted octanol–water partition coefficient (Wildman–Crippen LogP) is 4.68. The zero-order chi connectivity index (χ0) is 13.9. The lowest BCUT2D eigenvalue weighted by molar-refractivity contribution is -0.130. The molecule has 4 aliphatic rings. The summed E-state index contributed by atoms with van der Waals surface area (Å²) in [5, 5.41) is 0. The third-order valence-corrected chi connectivity index (χ3v) is 7.03. The van der Waals surface area contributed by atoms with Gasteiger partial charge in [-0.15, -0.1) is 0 Å². The van der Waals surface area contributed by atoms with Gasteiger partial charge in [-0.3, -0.25) is 4.79 Å². The van der Waals surface area contributed by atoms with Crippen LogP contribution >= 0.6 is 0 Å². The van der Waals surface area contributed by atoms with E-state index in [4.69, 9.17) is 0 Å². The van der Waals surface area contributed by atoms with Gasteiger partial charge < -0.3 is 0 Å². The Morgan fingerprint density at radius 3 is 2.85 bits per heavy atom. The SMILES string of the molecule is CC1=CC2=CC[C@@H]3C(CC[C@]4(C)C(=O)CCC34)[C@H]2CC1. The minimum absolute atomic E-state index is 0.0347. The highest BCUT2D eigenvalue weighted by atomic mass is 16.1. The molecule has 20 heavy (non-hydrogen) atoms. The molecule has 0 aromatic heterocycles. The minimum atomic E-state index is 0.0347. The van der Waals surface area contributed by atoms with E-state index in [1.807, 2.05) is 0 Å². The molecule has 1 nitrogen and oxygen atoms in total. The van der Waals surface area contributed by atoms with Crippen molar-refractivity contribution in [3.05, 3.63) is 23.3 Å². The van der Waals surface area contributed by atoms with Crippen molar-refractivity contribution in [2.24, 2.45) is 29.1 Å². The first-order valence-electron chi connectivity index (χ1n) is 8.50. The third kappa shape index (κ3) is 1.64. The fourth-order valence-electron chi connectivity index (χ4n) is 5.88. The molecule has 1 heteroatoms. The average molecular weight is 270 g/mol. The van der Waals surface area contributed by atoms with E-state index in [-0.39, 0.29) is 5.41 Å². The number of allylic oxidation sites excluding steroid dienone is 4. The predicted molar refractivity (Wildman–Crippen MR) is 81.2 cm³/mol. The molecule has 4 rings (SSSR count). The molecule has 0 heterocycles. The normalized spacial score (nSPS) is 47.0. The van der Waals surface area contributed by atoms with E-state index in [9.17, 15) is 4.79 Å². The molecule has 0 radical (unpaired) electrons. The van der Waals surface area contributed by atoms with E-state index >= 15 is 0 Å². The molecule has 0 N–H and O–H groups in total. The summed E-state index contributed by atoms with van der Waals surface area (Å²) in [6.07, 6.45) is 13.3. The highest BCUT2D eigenvalue weighted by molar-refractivity contribution is 5.87. The summed E-state index contributed by atoms with van der Waals surface area (Å²) in [7, 11) is 0. The summed E-state index contributed by atoms with van der Waals surface area (Å²) in [6.45, 7) is 4.55. The van der Waals surface area contributed by atoms with Gasteiger partial charge in [0.2, 0.25) is 0 Å². The van der Waals surface area contributed by atoms with E-state index < -0.39 is 0 Å². The Morgan fingerprint density at radius 2 is 2.00 bits per heavy atom. The van der Waals surface area contributed by atoms with E-state index in [0.717, 1.165) is 30.6 Å². The molecule has 0 spiro atoms. The van der Waals surface area contributed by atoms with Crippen LogP contribution in [-0.4, -0.2) is 5.78 Å². The second-order valence-electron chi connectivity index (χ2n) is 7.93. The quantitative estimate of drug-likeness (QED) is 0.624. The van der Waals surface area contributed by atoms with Crippen LogP contribution in [0.15, 0.2) is 23.3 Å². The molecule has 0 aromatic carbocycles. The largest absolute Gasteiger partial charge is 0.299 e. The van der Waals surface area contributed by atoms with E-state index in [1.165, 1.54) is 32.1 Å². The maximum absolute atomic E-state index is 12.3. The standard InChI is InChI=1S/C19H26O/c1-12-3-5-14-13(11-12)4-6-16-15(14)9-10-19(2)17(16)7-8-18(19)20/h4,11,14-17H,3,5-10H2,1-2H3/t14-,15?,16+,17?,19-/m0/s1. The highest BCUT2D eigenvalue weighted by Gasteiger charge is 2.55. The molecule has 108 valence electrons. The second kappa shape index (κ2) is 4.32. The number of carbonyl (C=O) groups is 1. The number of ketones is 1. The number of Topliss-reactive ketones (excluding diaryl/α,β-unsaturated/α-hetero) is 1. The summed E-state index contributed by atoms with van der Waals surface area (Å²) in [6, 6.07) is 0. The monoisotopic (exact) mass is 270 g/mol. The molecule has 0 bridgehead atoms. The molecule has 0 aliphatic heterocycles. The molecule has 0 saturated heterocycles. The van der Waals surface area contributed by atoms with Gasteiger partial charge in [0.25, 0.3) is 0 Å². The summed E-state index contributed by atoms with van der Waals surface area (Å²) < 4.78 is 0. The Hall–Kier alpha value is -0.850. The van der Waals surface area contributed by atoms with Crippen LogP contribution in [0, 0.1) is 29.1 Å². The molecule has 5 atom stereocenters. The highest BCUT2D eigenvalue weighted by Crippen LogP contribution is 2.59. The van der Waals surface area contributed by atoms with Crippen molar-refractivity contribution >= 4 is 5.78 Å². The Morgan fingerprint density at radius 1 is 1.15 bits per heavy atom. The first kappa shape index (κ1) is 12.9. The summed E-state index contributed by atoms with van der Waals surface area (Å²) in [5.41, 5.74) is 3.22. The Balaban J connectivity index is 1.67. The molecular formula is C19H26O. The van der Waals surface area contributed by atoms with Gasteiger partial charge in [-0.05, 0) is 74.7 Å². The fraction of sp³-hybridized carbons (Fsp3) is 0.737. The first-order chi connectivity index (χ1) is 9.59. The molecule has 2 saturated carbocycles. The number of fused-ring (bicyclic) bond motifs is 5. The van der Waals surface area contributed by atoms with Crippen LogP contribution in [0.1, 0.15) is 58.8 Å². The van der Waals surface area contributed by atoms with Gasteiger partial charge in [-0.25, -0.2) is 0 Å². The number of hydrogen-bond donors (Lipinski definition) is 0. The fourth-order valence-corrected chi connectivity index (χ4v) is 5.88. The summed E-state index contributed by atoms with van der Waals surface area (Å²) in [4.78, 5) is 12.3. The third-order valence-electron chi connectivity index (χ3n) is 7.03. The number of hydrogen-bond acceptors (Lipinski definition) is 1. The zero-order valence-corrected chi connectivity index (χ0v) is 12.8. The van der Waals surface area contributed by atoms with Crippen LogP contribution in [0.25, 0.3) is 0 Å². The van der Waals surface area contributed by atoms with Gasteiger partial charge in [0, 0.05) is 11.8 Å². The zero-order valence-electron chi connectivity index (χ0n) is 12.8. The lowest BCUT2D eigenvalue weighted by atomic mass is 9.53. The van der Waals surface area contributed by atoms with Crippen LogP contribution in [-0.2, 0) is 4.79 Å². The Labute approximate surface area is 122 Å². The van der Waals surface area contributed by atoms with Gasteiger partial charge in [-0.1, -0.05) is 24.6 Å². The molecule has 4 aliphatic carbocycles. The molecule has 0 aromatic rings. The topological polar surface area (TPSA) is 17.1 Å². The van der Waals surface area contributed by atoms with Crippen LogP contribution < -0.4 is 0 Å². The van der Waals surface area contributed by atoms with Gasteiger partial charge in [0.05, 0.1) is 0 Å². The van der Waals surface area contributed by atoms with Crippen molar-refractivity contribution < 1.29 is 4.79 Å². The van der Waals surface area contributed by atoms with Crippen LogP contribution in [0.4, 0.5) is 0 Å². The van der Waals surface area contributed by atoms with Gasteiger partial charge in [-0.2, -0.15) is 0 Å². The maximum atomic E-state index is 12.3. The van der Waals surface area contributed by atoms with Crippen molar-refractivity contribution in [2.75, 3.05) is 0 Å². The van der Waals surface area contributed by atoms with E-state index in [0.29, 0.717) is 11.7 Å². The first-order valence-corrected chi connectivity index (χ1v) is 8.50. The summed E-state index contributed by atoms with van der Waals surface area (Å²) in [5.74, 6) is 3.70. The van der Waals surface area contributed by atoms with Crippen molar-refractivity contribution in [2.45, 2.75) is 58.8 Å². The number of rotatable bonds is 0. The number of carbonyl (C=O) groups excluding carboxylic acids is 1.